The first-order valence-electron chi connectivity index (χ1n) is 7.96. The normalized spacial score (nSPS) is 14.2. The van der Waals surface area contributed by atoms with Gasteiger partial charge in [0.25, 0.3) is 11.8 Å². The van der Waals surface area contributed by atoms with Gasteiger partial charge in [0.1, 0.15) is 5.57 Å². The van der Waals surface area contributed by atoms with Crippen molar-refractivity contribution in [1.29, 1.82) is 0 Å². The molecule has 0 spiro atoms. The van der Waals surface area contributed by atoms with Crippen LogP contribution in [-0.4, -0.2) is 17.8 Å². The number of hydrogen-bond acceptors (Lipinski definition) is 3. The number of urea groups is 1. The van der Waals surface area contributed by atoms with E-state index in [0.29, 0.717) is 6.42 Å². The van der Waals surface area contributed by atoms with Crippen molar-refractivity contribution in [3.05, 3.63) is 75.9 Å². The lowest BCUT2D eigenvalue weighted by molar-refractivity contribution is -0.123. The van der Waals surface area contributed by atoms with Crippen LogP contribution in [0, 0.1) is 13.8 Å². The number of imide groups is 2. The maximum absolute atomic E-state index is 11.9. The molecule has 1 aliphatic heterocycles. The molecule has 0 saturated carbocycles. The molecule has 0 radical (unpaired) electrons. The molecular weight excluding hydrogens is 316 g/mol. The van der Waals surface area contributed by atoms with Gasteiger partial charge in [0.05, 0.1) is 0 Å². The van der Waals surface area contributed by atoms with E-state index in [0.717, 1.165) is 16.7 Å². The molecule has 5 heteroatoms. The lowest BCUT2D eigenvalue weighted by Gasteiger charge is -2.15. The number of rotatable bonds is 3. The molecule has 0 atom stereocenters. The van der Waals surface area contributed by atoms with E-state index in [1.807, 2.05) is 24.3 Å². The fourth-order valence-corrected chi connectivity index (χ4v) is 2.99. The van der Waals surface area contributed by atoms with Crippen molar-refractivity contribution in [2.45, 2.75) is 20.3 Å². The second-order valence-electron chi connectivity index (χ2n) is 6.17. The molecule has 1 fully saturated rings. The van der Waals surface area contributed by atoms with Crippen LogP contribution in [0.3, 0.4) is 0 Å². The van der Waals surface area contributed by atoms with E-state index in [1.54, 1.807) is 0 Å². The Morgan fingerprint density at radius 1 is 0.880 bits per heavy atom. The van der Waals surface area contributed by atoms with Crippen molar-refractivity contribution in [1.82, 2.24) is 10.6 Å². The summed E-state index contributed by atoms with van der Waals surface area (Å²) in [7, 11) is 0. The molecule has 0 unspecified atom stereocenters. The lowest BCUT2D eigenvalue weighted by Crippen LogP contribution is -2.51. The van der Waals surface area contributed by atoms with Gasteiger partial charge in [0.2, 0.25) is 0 Å². The van der Waals surface area contributed by atoms with Crippen LogP contribution in [0.25, 0.3) is 6.08 Å². The quantitative estimate of drug-likeness (QED) is 0.669. The molecule has 1 aliphatic rings. The first kappa shape index (κ1) is 16.6. The summed E-state index contributed by atoms with van der Waals surface area (Å²) in [6.07, 6.45) is 2.21. The Labute approximate surface area is 145 Å². The van der Waals surface area contributed by atoms with Crippen LogP contribution in [0.15, 0.2) is 48.0 Å². The predicted octanol–water partition coefficient (Wildman–Crippen LogP) is 2.64. The van der Waals surface area contributed by atoms with Crippen molar-refractivity contribution >= 4 is 23.9 Å². The van der Waals surface area contributed by atoms with Gasteiger partial charge in [0.15, 0.2) is 0 Å². The molecule has 3 rings (SSSR count). The van der Waals surface area contributed by atoms with Gasteiger partial charge in [-0.15, -0.1) is 0 Å². The number of carbonyl (C=O) groups excluding carboxylic acids is 3. The molecule has 0 bridgehead atoms. The van der Waals surface area contributed by atoms with E-state index >= 15 is 0 Å². The second-order valence-corrected chi connectivity index (χ2v) is 6.17. The summed E-state index contributed by atoms with van der Waals surface area (Å²) in [6.45, 7) is 4.11. The Balaban J connectivity index is 1.96. The Morgan fingerprint density at radius 2 is 1.48 bits per heavy atom. The number of hydrogen-bond donors (Lipinski definition) is 2. The van der Waals surface area contributed by atoms with E-state index in [1.165, 1.54) is 17.2 Å². The molecule has 0 aromatic heterocycles. The monoisotopic (exact) mass is 334 g/mol. The SMILES string of the molecule is Cc1cc(C)cc(Cc2ccccc2C=C2C(=O)NC(=O)NC2=O)c1. The van der Waals surface area contributed by atoms with Crippen LogP contribution in [0.4, 0.5) is 4.79 Å². The zero-order valence-electron chi connectivity index (χ0n) is 14.1. The summed E-state index contributed by atoms with van der Waals surface area (Å²) >= 11 is 0. The van der Waals surface area contributed by atoms with Crippen LogP contribution in [0.2, 0.25) is 0 Å². The summed E-state index contributed by atoms with van der Waals surface area (Å²) in [5, 5.41) is 4.17. The third-order valence-corrected chi connectivity index (χ3v) is 3.97. The summed E-state index contributed by atoms with van der Waals surface area (Å²) in [6, 6.07) is 13.1. The number of amides is 4. The molecular formula is C20H18N2O3. The topological polar surface area (TPSA) is 75.3 Å². The molecule has 2 aromatic carbocycles. The first-order chi connectivity index (χ1) is 11.9. The third-order valence-electron chi connectivity index (χ3n) is 3.97. The Bertz CT molecular complexity index is 871. The maximum Gasteiger partial charge on any atom is 0.328 e. The van der Waals surface area contributed by atoms with Crippen molar-refractivity contribution in [2.75, 3.05) is 0 Å². The highest BCUT2D eigenvalue weighted by Crippen LogP contribution is 2.20. The van der Waals surface area contributed by atoms with Crippen molar-refractivity contribution < 1.29 is 14.4 Å². The molecule has 126 valence electrons. The zero-order valence-corrected chi connectivity index (χ0v) is 14.1. The molecule has 1 heterocycles. The minimum atomic E-state index is -0.796. The van der Waals surface area contributed by atoms with Gasteiger partial charge in [-0.3, -0.25) is 20.2 Å². The van der Waals surface area contributed by atoms with Gasteiger partial charge in [-0.25, -0.2) is 4.79 Å². The minimum Gasteiger partial charge on any atom is -0.273 e. The molecule has 4 amide bonds. The molecule has 1 saturated heterocycles. The first-order valence-corrected chi connectivity index (χ1v) is 7.96. The summed E-state index contributed by atoms with van der Waals surface area (Å²) in [5.74, 6) is -1.37. The minimum absolute atomic E-state index is 0.0764. The molecule has 25 heavy (non-hydrogen) atoms. The summed E-state index contributed by atoms with van der Waals surface area (Å²) < 4.78 is 0. The highest BCUT2D eigenvalue weighted by Gasteiger charge is 2.27. The summed E-state index contributed by atoms with van der Waals surface area (Å²) in [4.78, 5) is 35.0. The maximum atomic E-state index is 11.9. The Morgan fingerprint density at radius 3 is 2.12 bits per heavy atom. The van der Waals surface area contributed by atoms with Crippen LogP contribution < -0.4 is 10.6 Å². The number of barbiturate groups is 1. The van der Waals surface area contributed by atoms with Gasteiger partial charge < -0.3 is 0 Å². The summed E-state index contributed by atoms with van der Waals surface area (Å²) in [5.41, 5.74) is 5.24. The van der Waals surface area contributed by atoms with Gasteiger partial charge in [-0.1, -0.05) is 53.6 Å². The van der Waals surface area contributed by atoms with Crippen LogP contribution >= 0.6 is 0 Å². The zero-order chi connectivity index (χ0) is 18.0. The average molecular weight is 334 g/mol. The highest BCUT2D eigenvalue weighted by atomic mass is 16.2. The molecule has 2 N–H and O–H groups in total. The van der Waals surface area contributed by atoms with Gasteiger partial charge in [-0.05, 0) is 43.0 Å². The van der Waals surface area contributed by atoms with Crippen molar-refractivity contribution in [3.63, 3.8) is 0 Å². The van der Waals surface area contributed by atoms with Gasteiger partial charge in [0, 0.05) is 0 Å². The van der Waals surface area contributed by atoms with Gasteiger partial charge >= 0.3 is 6.03 Å². The van der Waals surface area contributed by atoms with Crippen LogP contribution in [0.1, 0.15) is 27.8 Å². The fraction of sp³-hybridized carbons (Fsp3) is 0.150. The Kier molecular flexibility index (Phi) is 4.48. The van der Waals surface area contributed by atoms with E-state index in [2.05, 4.69) is 42.7 Å². The number of aryl methyl sites for hydroxylation is 2. The lowest BCUT2D eigenvalue weighted by atomic mass is 9.96. The van der Waals surface area contributed by atoms with Gasteiger partial charge in [-0.2, -0.15) is 0 Å². The fourth-order valence-electron chi connectivity index (χ4n) is 2.99. The van der Waals surface area contributed by atoms with E-state index < -0.39 is 17.8 Å². The van der Waals surface area contributed by atoms with E-state index in [4.69, 9.17) is 0 Å². The van der Waals surface area contributed by atoms with E-state index in [9.17, 15) is 14.4 Å². The molecule has 0 aliphatic carbocycles. The predicted molar refractivity (Wildman–Crippen MR) is 94.8 cm³/mol. The molecule has 5 nitrogen and oxygen atoms in total. The smallest absolute Gasteiger partial charge is 0.273 e. The van der Waals surface area contributed by atoms with E-state index in [-0.39, 0.29) is 5.57 Å². The number of carbonyl (C=O) groups is 3. The average Bonchev–Trinajstić information content (AvgIpc) is 2.51. The van der Waals surface area contributed by atoms with Crippen LogP contribution in [-0.2, 0) is 16.0 Å². The highest BCUT2D eigenvalue weighted by molar-refractivity contribution is 6.31. The second kappa shape index (κ2) is 6.73. The molecule has 2 aromatic rings. The standard InChI is InChI=1S/C20H18N2O3/c1-12-7-13(2)9-14(8-12)10-15-5-3-4-6-16(15)11-17-18(23)21-20(25)22-19(17)24/h3-9,11H,10H2,1-2H3,(H2,21,22,23,24,25). The largest absolute Gasteiger partial charge is 0.328 e. The Hall–Kier alpha value is -3.21. The third kappa shape index (κ3) is 3.83. The number of benzene rings is 2. The van der Waals surface area contributed by atoms with Crippen molar-refractivity contribution in [3.8, 4) is 0 Å². The number of nitrogens with one attached hydrogen (secondary N) is 2. The van der Waals surface area contributed by atoms with Crippen molar-refractivity contribution in [2.24, 2.45) is 0 Å². The van der Waals surface area contributed by atoms with Crippen LogP contribution in [0.5, 0.6) is 0 Å².